The van der Waals surface area contributed by atoms with Crippen molar-refractivity contribution in [2.75, 3.05) is 19.6 Å². The molecule has 7 nitrogen and oxygen atoms in total. The van der Waals surface area contributed by atoms with Crippen molar-refractivity contribution in [2.45, 2.75) is 109 Å². The zero-order chi connectivity index (χ0) is 21.5. The van der Waals surface area contributed by atoms with Crippen LogP contribution in [0, 0.1) is 6.92 Å². The van der Waals surface area contributed by atoms with Gasteiger partial charge in [0.05, 0.1) is 0 Å². The molecule has 31 heavy (non-hydrogen) atoms. The number of aromatic nitrogens is 3. The molecule has 0 radical (unpaired) electrons. The molecular weight excluding hydrogens is 386 g/mol. The number of rotatable bonds is 6. The van der Waals surface area contributed by atoms with Crippen molar-refractivity contribution in [3.8, 4) is 0 Å². The monoisotopic (exact) mass is 429 g/mol. The highest BCUT2D eigenvalue weighted by Crippen LogP contribution is 2.35. The molecule has 0 aromatic carbocycles. The average molecular weight is 430 g/mol. The summed E-state index contributed by atoms with van der Waals surface area (Å²) in [6.45, 7) is 6.09. The first kappa shape index (κ1) is 22.6. The Morgan fingerprint density at radius 3 is 2.32 bits per heavy atom. The summed E-state index contributed by atoms with van der Waals surface area (Å²) in [5, 5.41) is 16.1. The number of hydrogen-bond acceptors (Lipinski definition) is 4. The van der Waals surface area contributed by atoms with Crippen molar-refractivity contribution in [3.05, 3.63) is 11.6 Å². The number of piperidine rings is 1. The van der Waals surface area contributed by atoms with E-state index >= 15 is 0 Å². The number of nitrogens with one attached hydrogen (secondary N) is 2. The maximum atomic E-state index is 4.98. The lowest BCUT2D eigenvalue weighted by atomic mass is 9.79. The summed E-state index contributed by atoms with van der Waals surface area (Å²) in [5.41, 5.74) is 0.301. The van der Waals surface area contributed by atoms with Crippen LogP contribution in [0.1, 0.15) is 95.1 Å². The average Bonchev–Trinajstić information content (AvgIpc) is 3.15. The summed E-state index contributed by atoms with van der Waals surface area (Å²) in [7, 11) is 2.02. The first-order valence-electron chi connectivity index (χ1n) is 12.8. The van der Waals surface area contributed by atoms with Crippen molar-refractivity contribution < 1.29 is 0 Å². The first-order chi connectivity index (χ1) is 15.2. The highest BCUT2D eigenvalue weighted by molar-refractivity contribution is 5.80. The van der Waals surface area contributed by atoms with Gasteiger partial charge in [0, 0.05) is 25.2 Å². The lowest BCUT2D eigenvalue weighted by molar-refractivity contribution is 0.0367. The fourth-order valence-electron chi connectivity index (χ4n) is 5.76. The van der Waals surface area contributed by atoms with E-state index in [-0.39, 0.29) is 0 Å². The summed E-state index contributed by atoms with van der Waals surface area (Å²) < 4.78 is 2.04. The van der Waals surface area contributed by atoms with Gasteiger partial charge in [0.2, 0.25) is 0 Å². The van der Waals surface area contributed by atoms with E-state index in [0.717, 1.165) is 24.2 Å². The van der Waals surface area contributed by atoms with Gasteiger partial charge < -0.3 is 15.2 Å². The third-order valence-electron chi connectivity index (χ3n) is 7.90. The Balaban J connectivity index is 1.46. The molecule has 0 spiro atoms. The molecule has 1 aliphatic heterocycles. The zero-order valence-corrected chi connectivity index (χ0v) is 19.8. The summed E-state index contributed by atoms with van der Waals surface area (Å²) in [6, 6.07) is 0.540. The van der Waals surface area contributed by atoms with Gasteiger partial charge in [-0.25, -0.2) is 4.99 Å². The maximum Gasteiger partial charge on any atom is 0.191 e. The SMILES string of the molecule is Cc1nnc(CN=C(NCC2(N3CCCCC3)CCCCC2)NC2CCCCC2)n1C. The summed E-state index contributed by atoms with van der Waals surface area (Å²) in [6.07, 6.45) is 17.4. The number of nitrogens with zero attached hydrogens (tertiary/aromatic N) is 5. The van der Waals surface area contributed by atoms with Crippen LogP contribution in [0.5, 0.6) is 0 Å². The van der Waals surface area contributed by atoms with Crippen molar-refractivity contribution in [3.63, 3.8) is 0 Å². The van der Waals surface area contributed by atoms with E-state index in [4.69, 9.17) is 4.99 Å². The normalized spacial score (nSPS) is 23.6. The summed E-state index contributed by atoms with van der Waals surface area (Å²) in [4.78, 5) is 7.79. The molecule has 0 bridgehead atoms. The van der Waals surface area contributed by atoms with Crippen LogP contribution in [-0.2, 0) is 13.6 Å². The molecule has 3 fully saturated rings. The topological polar surface area (TPSA) is 70.4 Å². The molecule has 4 rings (SSSR count). The van der Waals surface area contributed by atoms with Gasteiger partial charge in [-0.15, -0.1) is 10.2 Å². The minimum absolute atomic E-state index is 0.301. The standard InChI is InChI=1S/C24H43N7/c1-20-28-29-22(30(20)2)18-25-23(27-21-12-6-3-7-13-21)26-19-24(14-8-4-9-15-24)31-16-10-5-11-17-31/h21H,3-19H2,1-2H3,(H2,25,26,27). The fraction of sp³-hybridized carbons (Fsp3) is 0.875. The molecule has 2 N–H and O–H groups in total. The predicted molar refractivity (Wildman–Crippen MR) is 126 cm³/mol. The van der Waals surface area contributed by atoms with Crippen LogP contribution in [0.3, 0.4) is 0 Å². The second kappa shape index (κ2) is 10.8. The van der Waals surface area contributed by atoms with Crippen LogP contribution in [0.4, 0.5) is 0 Å². The fourth-order valence-corrected chi connectivity index (χ4v) is 5.76. The van der Waals surface area contributed by atoms with E-state index in [9.17, 15) is 0 Å². The molecule has 2 saturated carbocycles. The second-order valence-electron chi connectivity index (χ2n) is 10.1. The van der Waals surface area contributed by atoms with E-state index in [0.29, 0.717) is 18.1 Å². The Morgan fingerprint density at radius 2 is 1.65 bits per heavy atom. The molecule has 0 atom stereocenters. The van der Waals surface area contributed by atoms with Gasteiger partial charge >= 0.3 is 0 Å². The van der Waals surface area contributed by atoms with Crippen LogP contribution in [-0.4, -0.2) is 56.8 Å². The van der Waals surface area contributed by atoms with Crippen LogP contribution in [0.2, 0.25) is 0 Å². The van der Waals surface area contributed by atoms with Crippen molar-refractivity contribution >= 4 is 5.96 Å². The smallest absolute Gasteiger partial charge is 0.191 e. The Bertz CT molecular complexity index is 708. The molecule has 7 heteroatoms. The minimum Gasteiger partial charge on any atom is -0.355 e. The van der Waals surface area contributed by atoms with Gasteiger partial charge in [-0.2, -0.15) is 0 Å². The van der Waals surface area contributed by atoms with Crippen molar-refractivity contribution in [1.82, 2.24) is 30.3 Å². The van der Waals surface area contributed by atoms with E-state index < -0.39 is 0 Å². The molecule has 2 aliphatic carbocycles. The van der Waals surface area contributed by atoms with E-state index in [1.807, 2.05) is 18.5 Å². The molecule has 3 aliphatic rings. The molecule has 174 valence electrons. The van der Waals surface area contributed by atoms with Gasteiger partial charge in [0.25, 0.3) is 0 Å². The molecule has 1 aromatic heterocycles. The highest BCUT2D eigenvalue weighted by atomic mass is 15.3. The van der Waals surface area contributed by atoms with Gasteiger partial charge in [0.15, 0.2) is 11.8 Å². The Morgan fingerprint density at radius 1 is 0.968 bits per heavy atom. The molecular formula is C24H43N7. The van der Waals surface area contributed by atoms with Crippen LogP contribution in [0.15, 0.2) is 4.99 Å². The number of likely N-dealkylation sites (tertiary alicyclic amines) is 1. The number of aryl methyl sites for hydroxylation is 1. The molecule has 2 heterocycles. The highest BCUT2D eigenvalue weighted by Gasteiger charge is 2.38. The predicted octanol–water partition coefficient (Wildman–Crippen LogP) is 3.68. The number of aliphatic imine (C=N–C) groups is 1. The molecule has 0 unspecified atom stereocenters. The summed E-state index contributed by atoms with van der Waals surface area (Å²) in [5.74, 6) is 2.83. The lowest BCUT2D eigenvalue weighted by Gasteiger charge is -2.48. The first-order valence-corrected chi connectivity index (χ1v) is 12.8. The second-order valence-corrected chi connectivity index (χ2v) is 10.1. The van der Waals surface area contributed by atoms with E-state index in [1.54, 1.807) is 0 Å². The third kappa shape index (κ3) is 5.79. The molecule has 0 amide bonds. The van der Waals surface area contributed by atoms with E-state index in [1.165, 1.54) is 96.6 Å². The molecule has 1 aromatic rings. The largest absolute Gasteiger partial charge is 0.355 e. The number of guanidine groups is 1. The summed E-state index contributed by atoms with van der Waals surface area (Å²) >= 11 is 0. The van der Waals surface area contributed by atoms with Crippen LogP contribution >= 0.6 is 0 Å². The number of hydrogen-bond donors (Lipinski definition) is 2. The Kier molecular flexibility index (Phi) is 7.86. The van der Waals surface area contributed by atoms with Gasteiger partial charge in [0.1, 0.15) is 12.4 Å². The maximum absolute atomic E-state index is 4.98. The van der Waals surface area contributed by atoms with Gasteiger partial charge in [-0.3, -0.25) is 4.90 Å². The molecule has 1 saturated heterocycles. The minimum atomic E-state index is 0.301. The van der Waals surface area contributed by atoms with Gasteiger partial charge in [-0.05, 0) is 58.5 Å². The van der Waals surface area contributed by atoms with Crippen LogP contribution in [0.25, 0.3) is 0 Å². The van der Waals surface area contributed by atoms with Crippen molar-refractivity contribution in [2.24, 2.45) is 12.0 Å². The zero-order valence-electron chi connectivity index (χ0n) is 19.8. The van der Waals surface area contributed by atoms with E-state index in [2.05, 4.69) is 25.7 Å². The van der Waals surface area contributed by atoms with Crippen LogP contribution < -0.4 is 10.6 Å². The van der Waals surface area contributed by atoms with Gasteiger partial charge in [-0.1, -0.05) is 44.9 Å². The lowest BCUT2D eigenvalue weighted by Crippen LogP contribution is -2.59. The quantitative estimate of drug-likeness (QED) is 0.533. The Labute approximate surface area is 188 Å². The third-order valence-corrected chi connectivity index (χ3v) is 7.90. The Hall–Kier alpha value is -1.63. The van der Waals surface area contributed by atoms with Crippen molar-refractivity contribution in [1.29, 1.82) is 0 Å².